The van der Waals surface area contributed by atoms with Crippen LogP contribution in [0.2, 0.25) is 0 Å². The van der Waals surface area contributed by atoms with E-state index in [4.69, 9.17) is 4.74 Å². The molecule has 0 aromatic rings. The van der Waals surface area contributed by atoms with Crippen molar-refractivity contribution >= 4 is 0 Å². The second-order valence-electron chi connectivity index (χ2n) is 3.23. The summed E-state index contributed by atoms with van der Waals surface area (Å²) in [5, 5.41) is 0. The molecule has 0 N–H and O–H groups in total. The van der Waals surface area contributed by atoms with Gasteiger partial charge in [-0.25, -0.2) is 0 Å². The molecule has 1 fully saturated rings. The Hall–Kier alpha value is -0.0400. The van der Waals surface area contributed by atoms with Gasteiger partial charge in [0.25, 0.3) is 0 Å². The van der Waals surface area contributed by atoms with Crippen molar-refractivity contribution in [1.29, 1.82) is 0 Å². The molecule has 10 heavy (non-hydrogen) atoms. The zero-order valence-electron chi connectivity index (χ0n) is 6.94. The lowest BCUT2D eigenvalue weighted by Crippen LogP contribution is -2.05. The van der Waals surface area contributed by atoms with E-state index in [-0.39, 0.29) is 0 Å². The maximum atomic E-state index is 5.47. The van der Waals surface area contributed by atoms with Crippen LogP contribution in [0.3, 0.4) is 0 Å². The molecule has 1 aliphatic carbocycles. The Morgan fingerprint density at radius 2 is 2.00 bits per heavy atom. The van der Waals surface area contributed by atoms with Crippen molar-refractivity contribution in [3.63, 3.8) is 0 Å². The van der Waals surface area contributed by atoms with E-state index in [0.29, 0.717) is 0 Å². The largest absolute Gasteiger partial charge is 0.381 e. The fraction of sp³-hybridized carbons (Fsp3) is 1.00. The van der Waals surface area contributed by atoms with Crippen molar-refractivity contribution in [2.75, 3.05) is 13.2 Å². The molecule has 1 rings (SSSR count). The molecule has 0 radical (unpaired) electrons. The standard InChI is InChI=1S/C9H18O/c1-2-7-10-8-9-5-3-4-6-9/h9H,2-8H2,1H3. The molecule has 0 unspecified atom stereocenters. The van der Waals surface area contributed by atoms with Crippen LogP contribution in [0.15, 0.2) is 0 Å². The van der Waals surface area contributed by atoms with Crippen LogP contribution < -0.4 is 0 Å². The first-order valence-electron chi connectivity index (χ1n) is 4.51. The van der Waals surface area contributed by atoms with Gasteiger partial charge in [0.15, 0.2) is 0 Å². The molecule has 0 bridgehead atoms. The van der Waals surface area contributed by atoms with Crippen molar-refractivity contribution in [2.24, 2.45) is 5.92 Å². The third-order valence-corrected chi connectivity index (χ3v) is 2.18. The van der Waals surface area contributed by atoms with E-state index in [9.17, 15) is 0 Å². The molecule has 0 spiro atoms. The SMILES string of the molecule is CCCOCC1CCCC1. The van der Waals surface area contributed by atoms with Crippen molar-refractivity contribution in [3.8, 4) is 0 Å². The quantitative estimate of drug-likeness (QED) is 0.548. The Morgan fingerprint density at radius 3 is 2.60 bits per heavy atom. The summed E-state index contributed by atoms with van der Waals surface area (Å²) in [6, 6.07) is 0. The maximum absolute atomic E-state index is 5.47. The molecule has 0 saturated heterocycles. The third kappa shape index (κ3) is 2.70. The highest BCUT2D eigenvalue weighted by atomic mass is 16.5. The molecule has 0 aliphatic heterocycles. The Morgan fingerprint density at radius 1 is 1.30 bits per heavy atom. The smallest absolute Gasteiger partial charge is 0.0494 e. The van der Waals surface area contributed by atoms with Crippen LogP contribution in [0.1, 0.15) is 39.0 Å². The zero-order valence-corrected chi connectivity index (χ0v) is 6.94. The first-order valence-corrected chi connectivity index (χ1v) is 4.51. The van der Waals surface area contributed by atoms with Crippen molar-refractivity contribution in [3.05, 3.63) is 0 Å². The third-order valence-electron chi connectivity index (χ3n) is 2.18. The molecule has 0 amide bonds. The normalized spacial score (nSPS) is 20.1. The van der Waals surface area contributed by atoms with Gasteiger partial charge >= 0.3 is 0 Å². The van der Waals surface area contributed by atoms with Gasteiger partial charge in [-0.15, -0.1) is 0 Å². The first kappa shape index (κ1) is 8.06. The van der Waals surface area contributed by atoms with Gasteiger partial charge in [0.05, 0.1) is 0 Å². The summed E-state index contributed by atoms with van der Waals surface area (Å²) < 4.78 is 5.47. The summed E-state index contributed by atoms with van der Waals surface area (Å²) in [7, 11) is 0. The van der Waals surface area contributed by atoms with Crippen LogP contribution in [-0.4, -0.2) is 13.2 Å². The van der Waals surface area contributed by atoms with Gasteiger partial charge in [0.2, 0.25) is 0 Å². The summed E-state index contributed by atoms with van der Waals surface area (Å²) in [4.78, 5) is 0. The van der Waals surface area contributed by atoms with Gasteiger partial charge in [0.1, 0.15) is 0 Å². The van der Waals surface area contributed by atoms with E-state index in [1.165, 1.54) is 25.7 Å². The van der Waals surface area contributed by atoms with Gasteiger partial charge in [-0.3, -0.25) is 0 Å². The molecule has 0 atom stereocenters. The Labute approximate surface area is 63.8 Å². The number of ether oxygens (including phenoxy) is 1. The van der Waals surface area contributed by atoms with E-state index in [1.54, 1.807) is 0 Å². The number of hydrogen-bond donors (Lipinski definition) is 0. The maximum Gasteiger partial charge on any atom is 0.0494 e. The van der Waals surface area contributed by atoms with E-state index >= 15 is 0 Å². The Balaban J connectivity index is 1.91. The monoisotopic (exact) mass is 142 g/mol. The lowest BCUT2D eigenvalue weighted by molar-refractivity contribution is 0.102. The summed E-state index contributed by atoms with van der Waals surface area (Å²) in [6.45, 7) is 4.14. The van der Waals surface area contributed by atoms with Crippen LogP contribution in [0, 0.1) is 5.92 Å². The Bertz CT molecular complexity index is 74.8. The zero-order chi connectivity index (χ0) is 7.23. The molecular formula is C9H18O. The fourth-order valence-electron chi connectivity index (χ4n) is 1.57. The topological polar surface area (TPSA) is 9.23 Å². The average Bonchev–Trinajstić information content (AvgIpc) is 2.41. The van der Waals surface area contributed by atoms with Gasteiger partial charge in [-0.2, -0.15) is 0 Å². The molecular weight excluding hydrogens is 124 g/mol. The van der Waals surface area contributed by atoms with Crippen LogP contribution >= 0.6 is 0 Å². The lowest BCUT2D eigenvalue weighted by Gasteiger charge is -2.07. The fourth-order valence-corrected chi connectivity index (χ4v) is 1.57. The second-order valence-corrected chi connectivity index (χ2v) is 3.23. The Kier molecular flexibility index (Phi) is 3.81. The summed E-state index contributed by atoms with van der Waals surface area (Å²) >= 11 is 0. The molecule has 1 heteroatoms. The van der Waals surface area contributed by atoms with Crippen LogP contribution in [0.4, 0.5) is 0 Å². The molecule has 1 aliphatic rings. The van der Waals surface area contributed by atoms with Crippen LogP contribution in [0.5, 0.6) is 0 Å². The number of hydrogen-bond acceptors (Lipinski definition) is 1. The highest BCUT2D eigenvalue weighted by molar-refractivity contribution is 4.65. The van der Waals surface area contributed by atoms with Crippen molar-refractivity contribution < 1.29 is 4.74 Å². The highest BCUT2D eigenvalue weighted by Crippen LogP contribution is 2.24. The van der Waals surface area contributed by atoms with Gasteiger partial charge < -0.3 is 4.74 Å². The minimum Gasteiger partial charge on any atom is -0.381 e. The first-order chi connectivity index (χ1) is 4.93. The molecule has 60 valence electrons. The molecule has 0 aromatic heterocycles. The predicted octanol–water partition coefficient (Wildman–Crippen LogP) is 2.60. The predicted molar refractivity (Wildman–Crippen MR) is 43.1 cm³/mol. The summed E-state index contributed by atoms with van der Waals surface area (Å²) in [5.74, 6) is 0.895. The van der Waals surface area contributed by atoms with E-state index < -0.39 is 0 Å². The van der Waals surface area contributed by atoms with Crippen molar-refractivity contribution in [2.45, 2.75) is 39.0 Å². The molecule has 0 heterocycles. The van der Waals surface area contributed by atoms with Crippen molar-refractivity contribution in [1.82, 2.24) is 0 Å². The van der Waals surface area contributed by atoms with Gasteiger partial charge in [-0.1, -0.05) is 19.8 Å². The lowest BCUT2D eigenvalue weighted by atomic mass is 10.1. The number of rotatable bonds is 4. The molecule has 1 nitrogen and oxygen atoms in total. The van der Waals surface area contributed by atoms with Gasteiger partial charge in [0, 0.05) is 13.2 Å². The summed E-state index contributed by atoms with van der Waals surface area (Å²) in [5.41, 5.74) is 0. The van der Waals surface area contributed by atoms with Crippen LogP contribution in [-0.2, 0) is 4.74 Å². The second kappa shape index (κ2) is 4.73. The summed E-state index contributed by atoms with van der Waals surface area (Å²) in [6.07, 6.45) is 6.83. The minimum absolute atomic E-state index is 0.895. The molecule has 1 saturated carbocycles. The van der Waals surface area contributed by atoms with Gasteiger partial charge in [-0.05, 0) is 25.2 Å². The highest BCUT2D eigenvalue weighted by Gasteiger charge is 2.14. The van der Waals surface area contributed by atoms with E-state index in [1.807, 2.05) is 0 Å². The molecule has 0 aromatic carbocycles. The van der Waals surface area contributed by atoms with Crippen LogP contribution in [0.25, 0.3) is 0 Å². The minimum atomic E-state index is 0.895. The average molecular weight is 142 g/mol. The van der Waals surface area contributed by atoms with E-state index in [2.05, 4.69) is 6.92 Å². The van der Waals surface area contributed by atoms with E-state index in [0.717, 1.165) is 25.6 Å².